The average Bonchev–Trinajstić information content (AvgIpc) is 2.59. The van der Waals surface area contributed by atoms with Gasteiger partial charge < -0.3 is 25.3 Å². The summed E-state index contributed by atoms with van der Waals surface area (Å²) in [6.45, 7) is 0.222. The monoisotopic (exact) mass is 461 g/mol. The lowest BCUT2D eigenvalue weighted by molar-refractivity contribution is 0.355. The molecule has 0 heterocycles. The van der Waals surface area contributed by atoms with Gasteiger partial charge in [0.15, 0.2) is 17.5 Å². The van der Waals surface area contributed by atoms with Crippen LogP contribution in [0.3, 0.4) is 0 Å². The molecule has 0 atom stereocenters. The molecule has 0 bridgehead atoms. The first-order chi connectivity index (χ1) is 11.5. The maximum absolute atomic E-state index is 13.4. The van der Waals surface area contributed by atoms with Crippen molar-refractivity contribution in [1.29, 1.82) is 0 Å². The molecule has 0 saturated heterocycles. The number of hydrogen-bond acceptors (Lipinski definition) is 4. The fourth-order valence-corrected chi connectivity index (χ4v) is 2.11. The summed E-state index contributed by atoms with van der Waals surface area (Å²) in [7, 11) is 4.60. The molecule has 0 radical (unpaired) electrons. The molecule has 0 fully saturated rings. The van der Waals surface area contributed by atoms with Crippen molar-refractivity contribution < 1.29 is 18.6 Å². The quantitative estimate of drug-likeness (QED) is 0.392. The molecular weight excluding hydrogens is 440 g/mol. The zero-order valence-electron chi connectivity index (χ0n) is 14.2. The van der Waals surface area contributed by atoms with Crippen LogP contribution in [0.1, 0.15) is 5.56 Å². The van der Waals surface area contributed by atoms with Crippen LogP contribution < -0.4 is 25.3 Å². The molecule has 0 saturated carbocycles. The van der Waals surface area contributed by atoms with E-state index in [4.69, 9.17) is 19.9 Å². The number of anilines is 1. The summed E-state index contributed by atoms with van der Waals surface area (Å²) >= 11 is 0. The molecule has 2 aromatic rings. The summed E-state index contributed by atoms with van der Waals surface area (Å²) in [5, 5.41) is 2.95. The van der Waals surface area contributed by atoms with E-state index in [9.17, 15) is 4.39 Å². The lowest BCUT2D eigenvalue weighted by Crippen LogP contribution is -2.22. The normalized spacial score (nSPS) is 10.6. The Morgan fingerprint density at radius 1 is 1.04 bits per heavy atom. The Morgan fingerprint density at radius 3 is 2.40 bits per heavy atom. The Balaban J connectivity index is 0.00000312. The highest BCUT2D eigenvalue weighted by molar-refractivity contribution is 14.0. The van der Waals surface area contributed by atoms with E-state index in [1.165, 1.54) is 19.2 Å². The van der Waals surface area contributed by atoms with Gasteiger partial charge in [-0.3, -0.25) is 0 Å². The van der Waals surface area contributed by atoms with Crippen molar-refractivity contribution in [2.24, 2.45) is 10.7 Å². The van der Waals surface area contributed by atoms with Gasteiger partial charge in [-0.15, -0.1) is 24.0 Å². The number of halogens is 2. The maximum atomic E-state index is 13.4. The predicted octanol–water partition coefficient (Wildman–Crippen LogP) is 3.40. The fraction of sp³-hybridized carbons (Fsp3) is 0.235. The van der Waals surface area contributed by atoms with Crippen molar-refractivity contribution >= 4 is 35.6 Å². The molecule has 2 rings (SSSR count). The summed E-state index contributed by atoms with van der Waals surface area (Å²) < 4.78 is 28.9. The predicted molar refractivity (Wildman–Crippen MR) is 107 cm³/mol. The van der Waals surface area contributed by atoms with Gasteiger partial charge in [0.1, 0.15) is 11.6 Å². The summed E-state index contributed by atoms with van der Waals surface area (Å²) in [4.78, 5) is 4.19. The van der Waals surface area contributed by atoms with Crippen LogP contribution in [0.5, 0.6) is 17.2 Å². The van der Waals surface area contributed by atoms with Crippen LogP contribution in [0.2, 0.25) is 0 Å². The van der Waals surface area contributed by atoms with E-state index in [1.54, 1.807) is 38.5 Å². The molecule has 0 spiro atoms. The van der Waals surface area contributed by atoms with E-state index in [1.807, 2.05) is 0 Å². The number of aliphatic imine (C=N–C) groups is 1. The Labute approximate surface area is 163 Å². The number of nitrogens with two attached hydrogens (primary N) is 1. The standard InChI is InChI=1S/C17H20FN3O3.HI/c1-22-14-7-11(6-12(18)8-14)10-20-17(19)21-13-4-5-15(23-2)16(9-13)24-3;/h4-9H,10H2,1-3H3,(H3,19,20,21);1H. The minimum absolute atomic E-state index is 0. The SMILES string of the molecule is COc1cc(F)cc(CN=C(N)Nc2ccc(OC)c(OC)c2)c1.I. The summed E-state index contributed by atoms with van der Waals surface area (Å²) in [5.41, 5.74) is 7.22. The Bertz CT molecular complexity index is 741. The van der Waals surface area contributed by atoms with Gasteiger partial charge in [0.25, 0.3) is 0 Å². The van der Waals surface area contributed by atoms with Crippen molar-refractivity contribution in [3.05, 3.63) is 47.8 Å². The average molecular weight is 461 g/mol. The number of hydrogen-bond donors (Lipinski definition) is 2. The second kappa shape index (κ2) is 9.92. The largest absolute Gasteiger partial charge is 0.497 e. The number of benzene rings is 2. The van der Waals surface area contributed by atoms with Crippen LogP contribution in [0.15, 0.2) is 41.4 Å². The molecule has 8 heteroatoms. The molecular formula is C17H21FIN3O3. The van der Waals surface area contributed by atoms with Crippen molar-refractivity contribution in [2.45, 2.75) is 6.54 Å². The molecule has 136 valence electrons. The van der Waals surface area contributed by atoms with Gasteiger partial charge in [0.05, 0.1) is 27.9 Å². The fourth-order valence-electron chi connectivity index (χ4n) is 2.11. The van der Waals surface area contributed by atoms with Gasteiger partial charge in [-0.05, 0) is 29.8 Å². The van der Waals surface area contributed by atoms with Crippen molar-refractivity contribution in [3.63, 3.8) is 0 Å². The van der Waals surface area contributed by atoms with Crippen molar-refractivity contribution in [2.75, 3.05) is 26.6 Å². The van der Waals surface area contributed by atoms with Crippen LogP contribution in [0, 0.1) is 5.82 Å². The molecule has 0 amide bonds. The third-order valence-electron chi connectivity index (χ3n) is 3.25. The third kappa shape index (κ3) is 5.96. The minimum atomic E-state index is -0.383. The Hall–Kier alpha value is -2.23. The number of ether oxygens (including phenoxy) is 3. The van der Waals surface area contributed by atoms with Gasteiger partial charge in [-0.25, -0.2) is 9.38 Å². The van der Waals surface area contributed by atoms with Gasteiger partial charge in [-0.1, -0.05) is 0 Å². The van der Waals surface area contributed by atoms with Gasteiger partial charge in [-0.2, -0.15) is 0 Å². The zero-order valence-corrected chi connectivity index (χ0v) is 16.5. The second-order valence-electron chi connectivity index (χ2n) is 4.90. The van der Waals surface area contributed by atoms with Crippen LogP contribution in [-0.4, -0.2) is 27.3 Å². The summed E-state index contributed by atoms with van der Waals surface area (Å²) in [5.74, 6) is 1.44. The van der Waals surface area contributed by atoms with E-state index in [0.29, 0.717) is 28.5 Å². The summed E-state index contributed by atoms with van der Waals surface area (Å²) in [6, 6.07) is 9.68. The Morgan fingerprint density at radius 2 is 1.76 bits per heavy atom. The van der Waals surface area contributed by atoms with Crippen molar-refractivity contribution in [1.82, 2.24) is 0 Å². The number of nitrogens with one attached hydrogen (secondary N) is 1. The first-order valence-electron chi connectivity index (χ1n) is 7.18. The lowest BCUT2D eigenvalue weighted by Gasteiger charge is -2.11. The highest BCUT2D eigenvalue weighted by Crippen LogP contribution is 2.29. The first kappa shape index (κ1) is 20.8. The molecule has 6 nitrogen and oxygen atoms in total. The van der Waals surface area contributed by atoms with Gasteiger partial charge >= 0.3 is 0 Å². The van der Waals surface area contributed by atoms with Crippen molar-refractivity contribution in [3.8, 4) is 17.2 Å². The highest BCUT2D eigenvalue weighted by Gasteiger charge is 2.05. The molecule has 3 N–H and O–H groups in total. The smallest absolute Gasteiger partial charge is 0.193 e. The van der Waals surface area contributed by atoms with E-state index < -0.39 is 0 Å². The summed E-state index contributed by atoms with van der Waals surface area (Å²) in [6.07, 6.45) is 0. The van der Waals surface area contributed by atoms with Crippen LogP contribution in [-0.2, 0) is 6.54 Å². The zero-order chi connectivity index (χ0) is 17.5. The molecule has 0 aliphatic carbocycles. The van der Waals surface area contributed by atoms with Crippen LogP contribution >= 0.6 is 24.0 Å². The van der Waals surface area contributed by atoms with Gasteiger partial charge in [0.2, 0.25) is 0 Å². The molecule has 0 aliphatic heterocycles. The van der Waals surface area contributed by atoms with E-state index in [-0.39, 0.29) is 42.3 Å². The molecule has 0 aliphatic rings. The maximum Gasteiger partial charge on any atom is 0.193 e. The second-order valence-corrected chi connectivity index (χ2v) is 4.90. The number of guanidine groups is 1. The van der Waals surface area contributed by atoms with Crippen LogP contribution in [0.4, 0.5) is 10.1 Å². The van der Waals surface area contributed by atoms with E-state index >= 15 is 0 Å². The highest BCUT2D eigenvalue weighted by atomic mass is 127. The first-order valence-corrected chi connectivity index (χ1v) is 7.18. The lowest BCUT2D eigenvalue weighted by atomic mass is 10.2. The molecule has 25 heavy (non-hydrogen) atoms. The number of methoxy groups -OCH3 is 3. The van der Waals surface area contributed by atoms with E-state index in [0.717, 1.165) is 0 Å². The molecule has 0 aromatic heterocycles. The van der Waals surface area contributed by atoms with E-state index in [2.05, 4.69) is 10.3 Å². The third-order valence-corrected chi connectivity index (χ3v) is 3.25. The molecule has 0 unspecified atom stereocenters. The number of nitrogens with zero attached hydrogens (tertiary/aromatic N) is 1. The van der Waals surface area contributed by atoms with Gasteiger partial charge in [0, 0.05) is 17.8 Å². The minimum Gasteiger partial charge on any atom is -0.497 e. The Kier molecular flexibility index (Phi) is 8.26. The van der Waals surface area contributed by atoms with Crippen LogP contribution in [0.25, 0.3) is 0 Å². The topological polar surface area (TPSA) is 78.1 Å². The molecule has 2 aromatic carbocycles. The number of rotatable bonds is 6.